The summed E-state index contributed by atoms with van der Waals surface area (Å²) in [4.78, 5) is 24.8. The monoisotopic (exact) mass is 392 g/mol. The van der Waals surface area contributed by atoms with Gasteiger partial charge in [-0.1, -0.05) is 12.1 Å². The van der Waals surface area contributed by atoms with E-state index < -0.39 is 18.5 Å². The van der Waals surface area contributed by atoms with E-state index in [-0.39, 0.29) is 30.6 Å². The summed E-state index contributed by atoms with van der Waals surface area (Å²) in [6.45, 7) is -1.12. The highest BCUT2D eigenvalue weighted by Gasteiger charge is 2.26. The summed E-state index contributed by atoms with van der Waals surface area (Å²) in [6, 6.07) is 6.27. The first-order valence-electron chi connectivity index (χ1n) is 8.19. The molecule has 146 valence electrons. The maximum atomic E-state index is 12.1. The van der Waals surface area contributed by atoms with Gasteiger partial charge in [-0.2, -0.15) is 8.78 Å². The van der Waals surface area contributed by atoms with Crippen LogP contribution in [0.25, 0.3) is 0 Å². The molecular weight excluding hydrogens is 370 g/mol. The molecular formula is C17H23ClF2N2O4. The lowest BCUT2D eigenvalue weighted by atomic mass is 9.98. The number of benzene rings is 1. The van der Waals surface area contributed by atoms with Crippen molar-refractivity contribution in [1.82, 2.24) is 10.2 Å². The van der Waals surface area contributed by atoms with Gasteiger partial charge < -0.3 is 15.2 Å². The Morgan fingerprint density at radius 3 is 2.62 bits per heavy atom. The van der Waals surface area contributed by atoms with Gasteiger partial charge in [-0.15, -0.1) is 12.4 Å². The number of hydrogen-bond acceptors (Lipinski definition) is 4. The highest BCUT2D eigenvalue weighted by atomic mass is 35.5. The van der Waals surface area contributed by atoms with Gasteiger partial charge in [-0.25, -0.2) is 0 Å². The molecule has 1 amide bonds. The Morgan fingerprint density at radius 2 is 2.00 bits per heavy atom. The number of amides is 1. The Bertz CT molecular complexity index is 587. The number of likely N-dealkylation sites (tertiary alicyclic amines) is 1. The number of carboxylic acids is 1. The van der Waals surface area contributed by atoms with Gasteiger partial charge in [0.25, 0.3) is 0 Å². The fourth-order valence-corrected chi connectivity index (χ4v) is 2.84. The Morgan fingerprint density at radius 1 is 1.31 bits per heavy atom. The van der Waals surface area contributed by atoms with Gasteiger partial charge >= 0.3 is 12.6 Å². The van der Waals surface area contributed by atoms with Gasteiger partial charge in [0.05, 0.1) is 12.5 Å². The van der Waals surface area contributed by atoms with Crippen molar-refractivity contribution >= 4 is 24.3 Å². The zero-order valence-corrected chi connectivity index (χ0v) is 15.0. The molecule has 1 saturated heterocycles. The van der Waals surface area contributed by atoms with Gasteiger partial charge in [-0.3, -0.25) is 14.5 Å². The van der Waals surface area contributed by atoms with Crippen LogP contribution in [-0.2, 0) is 16.0 Å². The average molecular weight is 393 g/mol. The van der Waals surface area contributed by atoms with E-state index in [1.54, 1.807) is 12.1 Å². The molecule has 26 heavy (non-hydrogen) atoms. The van der Waals surface area contributed by atoms with Crippen LogP contribution < -0.4 is 10.1 Å². The minimum atomic E-state index is -2.85. The Balaban J connectivity index is 0.00000338. The van der Waals surface area contributed by atoms with Crippen LogP contribution in [0.4, 0.5) is 8.78 Å². The van der Waals surface area contributed by atoms with E-state index in [0.29, 0.717) is 25.9 Å². The number of halogens is 3. The smallest absolute Gasteiger partial charge is 0.387 e. The molecule has 1 aromatic carbocycles. The number of ether oxygens (including phenoxy) is 1. The second-order valence-corrected chi connectivity index (χ2v) is 6.03. The molecule has 0 aromatic heterocycles. The molecule has 1 aromatic rings. The quantitative estimate of drug-likeness (QED) is 0.708. The minimum absolute atomic E-state index is 0. The molecule has 0 radical (unpaired) electrons. The standard InChI is InChI=1S/C17H22F2N2O4.ClH/c18-17(19)25-14-5-3-12(4-6-14)7-8-20-15(22)11-21-9-1-2-13(10-21)16(23)24;/h3-6,13,17H,1-2,7-11H2,(H,20,22)(H,23,24);1H. The fraction of sp³-hybridized carbons (Fsp3) is 0.529. The van der Waals surface area contributed by atoms with Crippen LogP contribution in [0.1, 0.15) is 18.4 Å². The van der Waals surface area contributed by atoms with Crippen LogP contribution in [0.5, 0.6) is 5.75 Å². The molecule has 1 heterocycles. The number of rotatable bonds is 8. The summed E-state index contributed by atoms with van der Waals surface area (Å²) in [5, 5.41) is 11.8. The number of aliphatic carboxylic acids is 1. The first kappa shape index (κ1) is 22.1. The molecule has 1 aliphatic rings. The van der Waals surface area contributed by atoms with Crippen LogP contribution in [0.2, 0.25) is 0 Å². The van der Waals surface area contributed by atoms with Gasteiger partial charge in [0, 0.05) is 13.1 Å². The third kappa shape index (κ3) is 7.53. The summed E-state index contributed by atoms with van der Waals surface area (Å²) < 4.78 is 28.4. The van der Waals surface area contributed by atoms with Crippen molar-refractivity contribution in [3.05, 3.63) is 29.8 Å². The van der Waals surface area contributed by atoms with Crippen molar-refractivity contribution in [3.63, 3.8) is 0 Å². The van der Waals surface area contributed by atoms with E-state index in [1.165, 1.54) is 12.1 Å². The van der Waals surface area contributed by atoms with E-state index in [2.05, 4.69) is 10.1 Å². The number of carboxylic acid groups (broad SMARTS) is 1. The molecule has 0 aliphatic carbocycles. The Kier molecular flexibility index (Phi) is 9.29. The highest BCUT2D eigenvalue weighted by molar-refractivity contribution is 5.85. The predicted octanol–water partition coefficient (Wildman–Crippen LogP) is 2.17. The van der Waals surface area contributed by atoms with E-state index in [4.69, 9.17) is 5.11 Å². The van der Waals surface area contributed by atoms with Crippen molar-refractivity contribution in [1.29, 1.82) is 0 Å². The summed E-state index contributed by atoms with van der Waals surface area (Å²) in [5.41, 5.74) is 0.894. The van der Waals surface area contributed by atoms with Crippen LogP contribution in [0.3, 0.4) is 0 Å². The fourth-order valence-electron chi connectivity index (χ4n) is 2.84. The molecule has 6 nitrogen and oxygen atoms in total. The van der Waals surface area contributed by atoms with Crippen molar-refractivity contribution in [3.8, 4) is 5.75 Å². The van der Waals surface area contributed by atoms with E-state index in [0.717, 1.165) is 18.5 Å². The lowest BCUT2D eigenvalue weighted by molar-refractivity contribution is -0.144. The number of carbonyl (C=O) groups is 2. The van der Waals surface area contributed by atoms with E-state index in [9.17, 15) is 18.4 Å². The lowest BCUT2D eigenvalue weighted by Crippen LogP contribution is -2.44. The average Bonchev–Trinajstić information content (AvgIpc) is 2.56. The van der Waals surface area contributed by atoms with Crippen LogP contribution in [0.15, 0.2) is 24.3 Å². The molecule has 2 N–H and O–H groups in total. The molecule has 1 aliphatic heterocycles. The van der Waals surface area contributed by atoms with Crippen molar-refractivity contribution < 1.29 is 28.2 Å². The topological polar surface area (TPSA) is 78.9 Å². The summed E-state index contributed by atoms with van der Waals surface area (Å²) in [5.74, 6) is -1.27. The summed E-state index contributed by atoms with van der Waals surface area (Å²) in [7, 11) is 0. The van der Waals surface area contributed by atoms with Crippen molar-refractivity contribution in [2.24, 2.45) is 5.92 Å². The van der Waals surface area contributed by atoms with Crippen LogP contribution >= 0.6 is 12.4 Å². The van der Waals surface area contributed by atoms with Gasteiger partial charge in [0.1, 0.15) is 5.75 Å². The van der Waals surface area contributed by atoms with E-state index in [1.807, 2.05) is 4.90 Å². The molecule has 0 spiro atoms. The minimum Gasteiger partial charge on any atom is -0.481 e. The van der Waals surface area contributed by atoms with E-state index >= 15 is 0 Å². The SMILES string of the molecule is Cl.O=C(CN1CCCC(C(=O)O)C1)NCCc1ccc(OC(F)F)cc1. The van der Waals surface area contributed by atoms with Crippen molar-refractivity contribution in [2.75, 3.05) is 26.2 Å². The van der Waals surface area contributed by atoms with Crippen LogP contribution in [0, 0.1) is 5.92 Å². The van der Waals surface area contributed by atoms with Gasteiger partial charge in [-0.05, 0) is 43.5 Å². The molecule has 2 rings (SSSR count). The Labute approximate surface area is 156 Å². The predicted molar refractivity (Wildman–Crippen MR) is 93.8 cm³/mol. The number of nitrogens with zero attached hydrogens (tertiary/aromatic N) is 1. The number of alkyl halides is 2. The first-order valence-corrected chi connectivity index (χ1v) is 8.19. The molecule has 1 unspecified atom stereocenters. The summed E-state index contributed by atoms with van der Waals surface area (Å²) >= 11 is 0. The molecule has 0 saturated carbocycles. The normalized spacial score (nSPS) is 17.4. The summed E-state index contributed by atoms with van der Waals surface area (Å²) in [6.07, 6.45) is 1.99. The third-order valence-corrected chi connectivity index (χ3v) is 4.11. The number of hydrogen-bond donors (Lipinski definition) is 2. The molecule has 0 bridgehead atoms. The maximum absolute atomic E-state index is 12.1. The lowest BCUT2D eigenvalue weighted by Gasteiger charge is -2.29. The molecule has 9 heteroatoms. The number of carbonyl (C=O) groups excluding carboxylic acids is 1. The highest BCUT2D eigenvalue weighted by Crippen LogP contribution is 2.16. The van der Waals surface area contributed by atoms with Gasteiger partial charge in [0.2, 0.25) is 5.91 Å². The number of nitrogens with one attached hydrogen (secondary N) is 1. The van der Waals surface area contributed by atoms with Crippen molar-refractivity contribution in [2.45, 2.75) is 25.9 Å². The second-order valence-electron chi connectivity index (χ2n) is 6.03. The zero-order valence-electron chi connectivity index (χ0n) is 14.2. The molecule has 1 atom stereocenters. The number of piperidine rings is 1. The molecule has 1 fully saturated rings. The Hall–Kier alpha value is -1.93. The largest absolute Gasteiger partial charge is 0.481 e. The van der Waals surface area contributed by atoms with Crippen LogP contribution in [-0.4, -0.2) is 54.7 Å². The third-order valence-electron chi connectivity index (χ3n) is 4.11. The van der Waals surface area contributed by atoms with Gasteiger partial charge in [0.15, 0.2) is 0 Å². The second kappa shape index (κ2) is 10.9. The maximum Gasteiger partial charge on any atom is 0.387 e. The first-order chi connectivity index (χ1) is 11.9. The zero-order chi connectivity index (χ0) is 18.2.